The van der Waals surface area contributed by atoms with Crippen molar-refractivity contribution in [1.82, 2.24) is 0 Å². The van der Waals surface area contributed by atoms with Crippen molar-refractivity contribution in [2.45, 2.75) is 44.0 Å². The summed E-state index contributed by atoms with van der Waals surface area (Å²) >= 11 is 0. The van der Waals surface area contributed by atoms with Gasteiger partial charge in [0.25, 0.3) is 0 Å². The molecule has 150 valence electrons. The third-order valence-electron chi connectivity index (χ3n) is 4.60. The maximum absolute atomic E-state index is 10.1. The Morgan fingerprint density at radius 1 is 0.960 bits per heavy atom. The molecule has 4 unspecified atom stereocenters. The van der Waals surface area contributed by atoms with Gasteiger partial charge in [-0.25, -0.2) is 0 Å². The van der Waals surface area contributed by atoms with Crippen molar-refractivity contribution in [3.05, 3.63) is 0 Å². The minimum absolute atomic E-state index is 0.113. The maximum atomic E-state index is 10.1. The summed E-state index contributed by atoms with van der Waals surface area (Å²) < 4.78 is 32.5. The highest BCUT2D eigenvalue weighted by molar-refractivity contribution is 4.90. The van der Waals surface area contributed by atoms with Gasteiger partial charge < -0.3 is 33.5 Å². The SMILES string of the molecule is COCCOCC(COC)OCCOC1(C)CCC(C(O)COC)C1. The molecule has 0 spiro atoms. The van der Waals surface area contributed by atoms with Gasteiger partial charge in [0.15, 0.2) is 0 Å². The lowest BCUT2D eigenvalue weighted by molar-refractivity contribution is -0.0973. The number of hydrogen-bond acceptors (Lipinski definition) is 7. The summed E-state index contributed by atoms with van der Waals surface area (Å²) in [5, 5.41) is 10.1. The first kappa shape index (κ1) is 22.8. The lowest BCUT2D eigenvalue weighted by Gasteiger charge is -2.26. The third kappa shape index (κ3) is 9.28. The number of hydrogen-bond donors (Lipinski definition) is 1. The predicted molar refractivity (Wildman–Crippen MR) is 93.9 cm³/mol. The van der Waals surface area contributed by atoms with Gasteiger partial charge in [0.1, 0.15) is 6.10 Å². The molecule has 7 nitrogen and oxygen atoms in total. The van der Waals surface area contributed by atoms with Gasteiger partial charge in [-0.1, -0.05) is 0 Å². The highest BCUT2D eigenvalue weighted by atomic mass is 16.6. The van der Waals surface area contributed by atoms with Crippen molar-refractivity contribution >= 4 is 0 Å². The zero-order valence-electron chi connectivity index (χ0n) is 16.2. The average Bonchev–Trinajstić information content (AvgIpc) is 2.98. The van der Waals surface area contributed by atoms with Crippen molar-refractivity contribution in [3.63, 3.8) is 0 Å². The summed E-state index contributed by atoms with van der Waals surface area (Å²) in [5.41, 5.74) is -0.200. The van der Waals surface area contributed by atoms with Crippen molar-refractivity contribution in [2.24, 2.45) is 5.92 Å². The van der Waals surface area contributed by atoms with Crippen LogP contribution >= 0.6 is 0 Å². The fourth-order valence-electron chi connectivity index (χ4n) is 3.21. The zero-order valence-corrected chi connectivity index (χ0v) is 16.2. The predicted octanol–water partition coefficient (Wildman–Crippen LogP) is 1.26. The maximum Gasteiger partial charge on any atom is 0.104 e. The summed E-state index contributed by atoms with van der Waals surface area (Å²) in [7, 11) is 4.90. The Morgan fingerprint density at radius 2 is 1.72 bits per heavy atom. The Hall–Kier alpha value is -0.280. The van der Waals surface area contributed by atoms with E-state index >= 15 is 0 Å². The van der Waals surface area contributed by atoms with Crippen LogP contribution in [0.3, 0.4) is 0 Å². The third-order valence-corrected chi connectivity index (χ3v) is 4.60. The van der Waals surface area contributed by atoms with Crippen LogP contribution in [0.25, 0.3) is 0 Å². The summed E-state index contributed by atoms with van der Waals surface area (Å²) in [4.78, 5) is 0. The number of ether oxygens (including phenoxy) is 6. The zero-order chi connectivity index (χ0) is 18.5. The molecule has 1 aliphatic rings. The van der Waals surface area contributed by atoms with E-state index in [1.54, 1.807) is 21.3 Å². The Morgan fingerprint density at radius 3 is 2.40 bits per heavy atom. The van der Waals surface area contributed by atoms with Crippen LogP contribution in [0, 0.1) is 5.92 Å². The second kappa shape index (κ2) is 13.0. The van der Waals surface area contributed by atoms with Crippen LogP contribution in [0.5, 0.6) is 0 Å². The van der Waals surface area contributed by atoms with Crippen LogP contribution in [0.4, 0.5) is 0 Å². The molecule has 0 radical (unpaired) electrons. The van der Waals surface area contributed by atoms with Gasteiger partial charge in [0, 0.05) is 21.3 Å². The van der Waals surface area contributed by atoms with Gasteiger partial charge in [-0.3, -0.25) is 0 Å². The van der Waals surface area contributed by atoms with Crippen LogP contribution in [-0.4, -0.2) is 90.5 Å². The highest BCUT2D eigenvalue weighted by Crippen LogP contribution is 2.38. The molecule has 1 fully saturated rings. The lowest BCUT2D eigenvalue weighted by atomic mass is 9.98. The summed E-state index contributed by atoms with van der Waals surface area (Å²) in [6.07, 6.45) is 2.22. The summed E-state index contributed by atoms with van der Waals surface area (Å²) in [6.45, 7) is 5.55. The summed E-state index contributed by atoms with van der Waals surface area (Å²) in [6, 6.07) is 0. The molecule has 0 bridgehead atoms. The largest absolute Gasteiger partial charge is 0.390 e. The van der Waals surface area contributed by atoms with E-state index in [-0.39, 0.29) is 17.6 Å². The molecule has 25 heavy (non-hydrogen) atoms. The van der Waals surface area contributed by atoms with Gasteiger partial charge in [-0.05, 0) is 32.1 Å². The van der Waals surface area contributed by atoms with Crippen molar-refractivity contribution in [1.29, 1.82) is 0 Å². The standard InChI is InChI=1S/C18H36O7/c1-18(6-5-15(11-18)17(19)14-22-4)25-10-9-24-16(12-21-3)13-23-8-7-20-2/h15-17,19H,5-14H2,1-4H3. The van der Waals surface area contributed by atoms with Crippen LogP contribution in [-0.2, 0) is 28.4 Å². The molecule has 1 N–H and O–H groups in total. The van der Waals surface area contributed by atoms with Crippen LogP contribution in [0.1, 0.15) is 26.2 Å². The van der Waals surface area contributed by atoms with E-state index in [1.165, 1.54) is 0 Å². The number of aliphatic hydroxyl groups excluding tert-OH is 1. The first-order valence-electron chi connectivity index (χ1n) is 9.03. The van der Waals surface area contributed by atoms with E-state index in [0.29, 0.717) is 46.2 Å². The minimum atomic E-state index is -0.415. The number of rotatable bonds is 15. The monoisotopic (exact) mass is 364 g/mol. The molecule has 0 aromatic rings. The Balaban J connectivity index is 2.21. The van der Waals surface area contributed by atoms with Gasteiger partial charge >= 0.3 is 0 Å². The average molecular weight is 364 g/mol. The fraction of sp³-hybridized carbons (Fsp3) is 1.00. The summed E-state index contributed by atoms with van der Waals surface area (Å²) in [5.74, 6) is 0.237. The van der Waals surface area contributed by atoms with Gasteiger partial charge in [-0.2, -0.15) is 0 Å². The fourth-order valence-corrected chi connectivity index (χ4v) is 3.21. The van der Waals surface area contributed by atoms with Crippen molar-refractivity contribution in [3.8, 4) is 0 Å². The molecule has 0 aromatic heterocycles. The number of methoxy groups -OCH3 is 3. The minimum Gasteiger partial charge on any atom is -0.390 e. The highest BCUT2D eigenvalue weighted by Gasteiger charge is 2.38. The van der Waals surface area contributed by atoms with E-state index < -0.39 is 6.10 Å². The molecule has 7 heteroatoms. The molecule has 1 aliphatic carbocycles. The molecule has 0 saturated heterocycles. The Kier molecular flexibility index (Phi) is 11.8. The Bertz CT molecular complexity index is 329. The molecule has 0 heterocycles. The van der Waals surface area contributed by atoms with E-state index in [4.69, 9.17) is 28.4 Å². The molecular weight excluding hydrogens is 328 g/mol. The van der Waals surface area contributed by atoms with Crippen molar-refractivity contribution in [2.75, 3.05) is 67.6 Å². The van der Waals surface area contributed by atoms with E-state index in [1.807, 2.05) is 0 Å². The molecule has 1 rings (SSSR count). The molecule has 0 aromatic carbocycles. The van der Waals surface area contributed by atoms with E-state index in [9.17, 15) is 5.11 Å². The molecule has 0 amide bonds. The van der Waals surface area contributed by atoms with Gasteiger partial charge in [0.2, 0.25) is 0 Å². The second-order valence-electron chi connectivity index (χ2n) is 6.84. The van der Waals surface area contributed by atoms with Crippen LogP contribution in [0.2, 0.25) is 0 Å². The van der Waals surface area contributed by atoms with Crippen LogP contribution in [0.15, 0.2) is 0 Å². The van der Waals surface area contributed by atoms with E-state index in [0.717, 1.165) is 19.3 Å². The molecule has 0 aliphatic heterocycles. The molecule has 1 saturated carbocycles. The molecular formula is C18H36O7. The van der Waals surface area contributed by atoms with Gasteiger partial charge in [-0.15, -0.1) is 0 Å². The topological polar surface area (TPSA) is 75.6 Å². The normalized spacial score (nSPS) is 26.0. The van der Waals surface area contributed by atoms with Crippen LogP contribution < -0.4 is 0 Å². The van der Waals surface area contributed by atoms with Crippen molar-refractivity contribution < 1.29 is 33.5 Å². The Labute approximate surface area is 151 Å². The second-order valence-corrected chi connectivity index (χ2v) is 6.84. The quantitative estimate of drug-likeness (QED) is 0.439. The van der Waals surface area contributed by atoms with Gasteiger partial charge in [0.05, 0.1) is 58.0 Å². The number of aliphatic hydroxyl groups is 1. The molecule has 4 atom stereocenters. The smallest absolute Gasteiger partial charge is 0.104 e. The first-order valence-corrected chi connectivity index (χ1v) is 9.03. The van der Waals surface area contributed by atoms with E-state index in [2.05, 4.69) is 6.92 Å². The first-order chi connectivity index (χ1) is 12.0. The lowest BCUT2D eigenvalue weighted by Crippen LogP contribution is -2.32.